The van der Waals surface area contributed by atoms with Crippen LogP contribution in [0.4, 0.5) is 0 Å². The summed E-state index contributed by atoms with van der Waals surface area (Å²) in [6, 6.07) is 8.30. The number of para-hydroxylation sites is 1. The van der Waals surface area contributed by atoms with E-state index in [1.54, 1.807) is 0 Å². The van der Waals surface area contributed by atoms with Gasteiger partial charge in [-0.3, -0.25) is 0 Å². The predicted octanol–water partition coefficient (Wildman–Crippen LogP) is 0.972. The smallest absolute Gasteiger partial charge is 0.122 e. The second-order valence-electron chi connectivity index (χ2n) is 3.85. The maximum atomic E-state index is 5.61. The van der Waals surface area contributed by atoms with Gasteiger partial charge in [-0.05, 0) is 13.1 Å². The van der Waals surface area contributed by atoms with Gasteiger partial charge in [0.1, 0.15) is 5.75 Å². The maximum Gasteiger partial charge on any atom is 0.122 e. The van der Waals surface area contributed by atoms with Crippen molar-refractivity contribution in [1.29, 1.82) is 0 Å². The Bertz CT molecular complexity index is 314. The molecule has 0 aliphatic carbocycles. The average Bonchev–Trinajstić information content (AvgIpc) is 2.68. The topological polar surface area (TPSA) is 33.3 Å². The summed E-state index contributed by atoms with van der Waals surface area (Å²) in [5.41, 5.74) is 1.34. The highest BCUT2D eigenvalue weighted by molar-refractivity contribution is 5.39. The molecule has 0 fully saturated rings. The average molecular weight is 206 g/mol. The van der Waals surface area contributed by atoms with Gasteiger partial charge in [-0.2, -0.15) is 0 Å². The minimum Gasteiger partial charge on any atom is -0.493 e. The number of ether oxygens (including phenoxy) is 1. The van der Waals surface area contributed by atoms with Gasteiger partial charge in [0.15, 0.2) is 0 Å². The molecule has 1 unspecified atom stereocenters. The number of hydrogen-bond donors (Lipinski definition) is 2. The molecule has 1 heterocycles. The first-order valence-electron chi connectivity index (χ1n) is 5.49. The van der Waals surface area contributed by atoms with Gasteiger partial charge in [-0.25, -0.2) is 0 Å². The van der Waals surface area contributed by atoms with Gasteiger partial charge >= 0.3 is 0 Å². The summed E-state index contributed by atoms with van der Waals surface area (Å²) in [4.78, 5) is 0. The van der Waals surface area contributed by atoms with E-state index in [9.17, 15) is 0 Å². The fourth-order valence-electron chi connectivity index (χ4n) is 1.89. The second kappa shape index (κ2) is 5.14. The third-order valence-electron chi connectivity index (χ3n) is 2.74. The molecule has 0 spiro atoms. The first-order chi connectivity index (χ1) is 7.42. The van der Waals surface area contributed by atoms with Crippen molar-refractivity contribution in [3.05, 3.63) is 29.8 Å². The molecule has 2 rings (SSSR count). The van der Waals surface area contributed by atoms with Crippen molar-refractivity contribution in [3.63, 3.8) is 0 Å². The minimum atomic E-state index is 0.512. The lowest BCUT2D eigenvalue weighted by Crippen LogP contribution is -2.29. The van der Waals surface area contributed by atoms with E-state index in [2.05, 4.69) is 22.8 Å². The molecule has 82 valence electrons. The normalized spacial score (nSPS) is 18.6. The van der Waals surface area contributed by atoms with E-state index in [1.165, 1.54) is 5.56 Å². The molecule has 1 atom stereocenters. The fourth-order valence-corrected chi connectivity index (χ4v) is 1.89. The molecule has 3 nitrogen and oxygen atoms in total. The predicted molar refractivity (Wildman–Crippen MR) is 61.5 cm³/mol. The summed E-state index contributed by atoms with van der Waals surface area (Å²) in [5, 5.41) is 6.55. The van der Waals surface area contributed by atoms with E-state index in [4.69, 9.17) is 4.74 Å². The van der Waals surface area contributed by atoms with Crippen LogP contribution in [0.25, 0.3) is 0 Å². The zero-order valence-electron chi connectivity index (χ0n) is 9.12. The van der Waals surface area contributed by atoms with Crippen LogP contribution in [0, 0.1) is 0 Å². The molecule has 1 aromatic rings. The SMILES string of the molecule is CNCCNCC1COc2ccccc21. The Morgan fingerprint density at radius 1 is 1.33 bits per heavy atom. The van der Waals surface area contributed by atoms with E-state index in [-0.39, 0.29) is 0 Å². The highest BCUT2D eigenvalue weighted by atomic mass is 16.5. The van der Waals surface area contributed by atoms with Crippen LogP contribution in [0.2, 0.25) is 0 Å². The van der Waals surface area contributed by atoms with E-state index in [0.717, 1.165) is 32.0 Å². The maximum absolute atomic E-state index is 5.61. The van der Waals surface area contributed by atoms with Gasteiger partial charge in [0.05, 0.1) is 6.61 Å². The molecule has 0 bridgehead atoms. The Kier molecular flexibility index (Phi) is 3.59. The molecular formula is C12H18N2O. The Morgan fingerprint density at radius 3 is 3.07 bits per heavy atom. The number of nitrogens with one attached hydrogen (secondary N) is 2. The Balaban J connectivity index is 1.85. The lowest BCUT2D eigenvalue weighted by atomic mass is 10.0. The summed E-state index contributed by atoms with van der Waals surface area (Å²) in [6.45, 7) is 3.83. The van der Waals surface area contributed by atoms with E-state index < -0.39 is 0 Å². The summed E-state index contributed by atoms with van der Waals surface area (Å²) in [5.74, 6) is 1.57. The van der Waals surface area contributed by atoms with Gasteiger partial charge in [-0.1, -0.05) is 18.2 Å². The largest absolute Gasteiger partial charge is 0.493 e. The highest BCUT2D eigenvalue weighted by Crippen LogP contribution is 2.32. The van der Waals surface area contributed by atoms with Crippen LogP contribution < -0.4 is 15.4 Å². The lowest BCUT2D eigenvalue weighted by Gasteiger charge is -2.09. The third-order valence-corrected chi connectivity index (χ3v) is 2.74. The van der Waals surface area contributed by atoms with E-state index in [0.29, 0.717) is 5.92 Å². The van der Waals surface area contributed by atoms with Crippen LogP contribution in [0.1, 0.15) is 11.5 Å². The molecule has 0 radical (unpaired) electrons. The fraction of sp³-hybridized carbons (Fsp3) is 0.500. The van der Waals surface area contributed by atoms with E-state index >= 15 is 0 Å². The minimum absolute atomic E-state index is 0.512. The molecule has 0 amide bonds. The molecule has 0 aromatic heterocycles. The monoisotopic (exact) mass is 206 g/mol. The molecule has 1 aromatic carbocycles. The van der Waals surface area contributed by atoms with Gasteiger partial charge < -0.3 is 15.4 Å². The Morgan fingerprint density at radius 2 is 2.20 bits per heavy atom. The molecule has 1 aliphatic heterocycles. The molecule has 3 heteroatoms. The molecule has 15 heavy (non-hydrogen) atoms. The second-order valence-corrected chi connectivity index (χ2v) is 3.85. The number of hydrogen-bond acceptors (Lipinski definition) is 3. The quantitative estimate of drug-likeness (QED) is 0.704. The van der Waals surface area contributed by atoms with Crippen LogP contribution >= 0.6 is 0 Å². The third kappa shape index (κ3) is 2.49. The summed E-state index contributed by atoms with van der Waals surface area (Å²) >= 11 is 0. The first-order valence-corrected chi connectivity index (χ1v) is 5.49. The van der Waals surface area contributed by atoms with Crippen molar-refractivity contribution >= 4 is 0 Å². The van der Waals surface area contributed by atoms with Crippen molar-refractivity contribution < 1.29 is 4.74 Å². The van der Waals surface area contributed by atoms with Crippen molar-refractivity contribution in [3.8, 4) is 5.75 Å². The van der Waals surface area contributed by atoms with Crippen LogP contribution in [0.15, 0.2) is 24.3 Å². The number of benzene rings is 1. The molecule has 1 aliphatic rings. The van der Waals surface area contributed by atoms with Crippen LogP contribution in [-0.4, -0.2) is 33.3 Å². The zero-order valence-corrected chi connectivity index (χ0v) is 9.12. The van der Waals surface area contributed by atoms with Crippen LogP contribution in [0.3, 0.4) is 0 Å². The summed E-state index contributed by atoms with van der Waals surface area (Å²) in [6.07, 6.45) is 0. The Labute approximate surface area is 90.8 Å². The number of likely N-dealkylation sites (N-methyl/N-ethyl adjacent to an activating group) is 1. The Hall–Kier alpha value is -1.06. The first kappa shape index (κ1) is 10.5. The molecule has 0 saturated heterocycles. The van der Waals surface area contributed by atoms with Crippen molar-refractivity contribution in [1.82, 2.24) is 10.6 Å². The van der Waals surface area contributed by atoms with Gasteiger partial charge in [0.25, 0.3) is 0 Å². The number of fused-ring (bicyclic) bond motifs is 1. The van der Waals surface area contributed by atoms with Crippen LogP contribution in [-0.2, 0) is 0 Å². The van der Waals surface area contributed by atoms with Crippen LogP contribution in [0.5, 0.6) is 5.75 Å². The molecule has 2 N–H and O–H groups in total. The summed E-state index contributed by atoms with van der Waals surface area (Å²) < 4.78 is 5.61. The van der Waals surface area contributed by atoms with Crippen molar-refractivity contribution in [2.45, 2.75) is 5.92 Å². The number of rotatable bonds is 5. The highest BCUT2D eigenvalue weighted by Gasteiger charge is 2.22. The van der Waals surface area contributed by atoms with Crippen molar-refractivity contribution in [2.24, 2.45) is 0 Å². The molecular weight excluding hydrogens is 188 g/mol. The van der Waals surface area contributed by atoms with Gasteiger partial charge in [0, 0.05) is 31.1 Å². The van der Waals surface area contributed by atoms with E-state index in [1.807, 2.05) is 19.2 Å². The van der Waals surface area contributed by atoms with Gasteiger partial charge in [0.2, 0.25) is 0 Å². The van der Waals surface area contributed by atoms with Gasteiger partial charge in [-0.15, -0.1) is 0 Å². The van der Waals surface area contributed by atoms with Crippen molar-refractivity contribution in [2.75, 3.05) is 33.3 Å². The summed E-state index contributed by atoms with van der Waals surface area (Å²) in [7, 11) is 1.97. The standard InChI is InChI=1S/C12H18N2O/c1-13-6-7-14-8-10-9-15-12-5-3-2-4-11(10)12/h2-5,10,13-14H,6-9H2,1H3. The lowest BCUT2D eigenvalue weighted by molar-refractivity contribution is 0.326. The zero-order chi connectivity index (χ0) is 10.5. The molecule has 0 saturated carbocycles.